The molecule has 0 aromatic carbocycles. The van der Waals surface area contributed by atoms with Gasteiger partial charge in [-0.15, -0.1) is 5.10 Å². The molecule has 0 saturated carbocycles. The molecule has 2 atom stereocenters. The summed E-state index contributed by atoms with van der Waals surface area (Å²) in [6.45, 7) is 0.710. The molecule has 6 nitrogen and oxygen atoms in total. The quantitative estimate of drug-likeness (QED) is 0.928. The maximum Gasteiger partial charge on any atom is 0.264 e. The lowest BCUT2D eigenvalue weighted by Gasteiger charge is -2.32. The van der Waals surface area contributed by atoms with Gasteiger partial charge in [-0.2, -0.15) is 0 Å². The van der Waals surface area contributed by atoms with E-state index in [1.807, 2.05) is 12.1 Å². The zero-order chi connectivity index (χ0) is 13.8. The van der Waals surface area contributed by atoms with Gasteiger partial charge in [-0.05, 0) is 42.1 Å². The van der Waals surface area contributed by atoms with Gasteiger partial charge in [0.05, 0.1) is 12.2 Å². The van der Waals surface area contributed by atoms with E-state index < -0.39 is 0 Å². The molecule has 0 aliphatic carbocycles. The van der Waals surface area contributed by atoms with Crippen molar-refractivity contribution < 1.29 is 9.53 Å². The Morgan fingerprint density at radius 3 is 3.00 bits per heavy atom. The predicted molar refractivity (Wildman–Crippen MR) is 73.3 cm³/mol. The number of carbonyl (C=O) groups excluding carboxylic acids is 1. The molecule has 0 bridgehead atoms. The van der Waals surface area contributed by atoms with Crippen LogP contribution in [0.15, 0.2) is 30.7 Å². The Balaban J connectivity index is 1.74. The molecule has 1 fully saturated rings. The summed E-state index contributed by atoms with van der Waals surface area (Å²) in [6.07, 6.45) is 6.65. The van der Waals surface area contributed by atoms with E-state index in [-0.39, 0.29) is 18.1 Å². The van der Waals surface area contributed by atoms with Gasteiger partial charge in [0, 0.05) is 19.0 Å². The van der Waals surface area contributed by atoms with Crippen molar-refractivity contribution in [1.29, 1.82) is 0 Å². The number of carbonyl (C=O) groups is 1. The van der Waals surface area contributed by atoms with Crippen LogP contribution in [0.5, 0.6) is 0 Å². The maximum atomic E-state index is 12.1. The van der Waals surface area contributed by atoms with E-state index in [0.29, 0.717) is 11.5 Å². The van der Waals surface area contributed by atoms with Gasteiger partial charge in [-0.25, -0.2) is 0 Å². The highest BCUT2D eigenvalue weighted by Crippen LogP contribution is 2.28. The van der Waals surface area contributed by atoms with Gasteiger partial charge in [0.25, 0.3) is 5.91 Å². The molecule has 3 heterocycles. The average molecular weight is 290 g/mol. The molecule has 2 aromatic heterocycles. The number of nitrogens with zero attached hydrogens (tertiary/aromatic N) is 3. The third-order valence-electron chi connectivity index (χ3n) is 3.26. The Hall–Kier alpha value is -1.86. The van der Waals surface area contributed by atoms with E-state index in [1.165, 1.54) is 6.20 Å². The van der Waals surface area contributed by atoms with Crippen LogP contribution in [0.1, 0.15) is 34.2 Å². The van der Waals surface area contributed by atoms with Crippen LogP contribution in [0.4, 0.5) is 0 Å². The zero-order valence-corrected chi connectivity index (χ0v) is 11.5. The van der Waals surface area contributed by atoms with Crippen LogP contribution in [0.2, 0.25) is 0 Å². The molecule has 1 aliphatic rings. The Morgan fingerprint density at radius 2 is 2.25 bits per heavy atom. The lowest BCUT2D eigenvalue weighted by Crippen LogP contribution is -2.42. The smallest absolute Gasteiger partial charge is 0.264 e. The van der Waals surface area contributed by atoms with Crippen LogP contribution in [-0.4, -0.2) is 33.1 Å². The Kier molecular flexibility index (Phi) is 3.98. The van der Waals surface area contributed by atoms with E-state index in [2.05, 4.69) is 19.9 Å². The van der Waals surface area contributed by atoms with Crippen molar-refractivity contribution in [3.05, 3.63) is 41.2 Å². The number of aromatic nitrogens is 3. The van der Waals surface area contributed by atoms with Crippen molar-refractivity contribution in [2.45, 2.75) is 25.0 Å². The minimum Gasteiger partial charge on any atom is -0.371 e. The van der Waals surface area contributed by atoms with E-state index in [4.69, 9.17) is 4.74 Å². The molecular weight excluding hydrogens is 276 g/mol. The Bertz CT molecular complexity index is 561. The maximum absolute atomic E-state index is 12.1. The standard InChI is InChI=1S/C13H14N4O2S/c18-13(11-8-15-17-20-11)16-10-2-1-7-19-12(10)9-3-5-14-6-4-9/h3-6,8,10,12H,1-2,7H2,(H,16,18)/t10-,12+/m0/s1. The lowest BCUT2D eigenvalue weighted by molar-refractivity contribution is -0.00945. The lowest BCUT2D eigenvalue weighted by atomic mass is 9.96. The van der Waals surface area contributed by atoms with E-state index in [9.17, 15) is 4.79 Å². The topological polar surface area (TPSA) is 77.0 Å². The molecule has 1 N–H and O–H groups in total. The summed E-state index contributed by atoms with van der Waals surface area (Å²) < 4.78 is 9.53. The molecule has 1 saturated heterocycles. The summed E-state index contributed by atoms with van der Waals surface area (Å²) in [5.74, 6) is -0.144. The molecule has 1 amide bonds. The number of ether oxygens (including phenoxy) is 1. The molecule has 0 spiro atoms. The summed E-state index contributed by atoms with van der Waals surface area (Å²) in [5.41, 5.74) is 1.03. The molecule has 7 heteroatoms. The highest BCUT2D eigenvalue weighted by atomic mass is 32.1. The summed E-state index contributed by atoms with van der Waals surface area (Å²) in [4.78, 5) is 16.6. The summed E-state index contributed by atoms with van der Waals surface area (Å²) in [6, 6.07) is 3.80. The van der Waals surface area contributed by atoms with Crippen LogP contribution in [-0.2, 0) is 4.74 Å². The summed E-state index contributed by atoms with van der Waals surface area (Å²) in [5, 5.41) is 6.70. The van der Waals surface area contributed by atoms with Crippen molar-refractivity contribution in [3.8, 4) is 0 Å². The largest absolute Gasteiger partial charge is 0.371 e. The molecule has 2 aromatic rings. The SMILES string of the molecule is O=C(N[C@H]1CCCO[C@@H]1c1ccncc1)c1cnns1. The molecule has 1 aliphatic heterocycles. The highest BCUT2D eigenvalue weighted by Gasteiger charge is 2.29. The third kappa shape index (κ3) is 2.83. The minimum atomic E-state index is -0.144. The van der Waals surface area contributed by atoms with E-state index in [0.717, 1.165) is 29.9 Å². The first kappa shape index (κ1) is 13.1. The number of hydrogen-bond donors (Lipinski definition) is 1. The normalized spacial score (nSPS) is 22.4. The molecular formula is C13H14N4O2S. The fourth-order valence-corrected chi connectivity index (χ4v) is 2.74. The second kappa shape index (κ2) is 6.06. The third-order valence-corrected chi connectivity index (χ3v) is 3.92. The van der Waals surface area contributed by atoms with Crippen molar-refractivity contribution in [2.24, 2.45) is 0 Å². The van der Waals surface area contributed by atoms with Gasteiger partial charge in [0.2, 0.25) is 0 Å². The van der Waals surface area contributed by atoms with Crippen LogP contribution in [0.3, 0.4) is 0 Å². The minimum absolute atomic E-state index is 0.0410. The van der Waals surface area contributed by atoms with Gasteiger partial charge in [0.1, 0.15) is 11.0 Å². The van der Waals surface area contributed by atoms with Gasteiger partial charge in [0.15, 0.2) is 0 Å². The fraction of sp³-hybridized carbons (Fsp3) is 0.385. The second-order valence-electron chi connectivity index (χ2n) is 4.58. The summed E-state index contributed by atoms with van der Waals surface area (Å²) >= 11 is 1.09. The molecule has 104 valence electrons. The average Bonchev–Trinajstić information content (AvgIpc) is 3.03. The number of rotatable bonds is 3. The highest BCUT2D eigenvalue weighted by molar-refractivity contribution is 7.07. The first-order valence-corrected chi connectivity index (χ1v) is 7.21. The number of hydrogen-bond acceptors (Lipinski definition) is 6. The number of pyridine rings is 1. The van der Waals surface area contributed by atoms with Crippen LogP contribution >= 0.6 is 11.5 Å². The van der Waals surface area contributed by atoms with E-state index in [1.54, 1.807) is 12.4 Å². The Morgan fingerprint density at radius 1 is 1.40 bits per heavy atom. The molecule has 0 unspecified atom stereocenters. The van der Waals surface area contributed by atoms with E-state index >= 15 is 0 Å². The molecule has 20 heavy (non-hydrogen) atoms. The van der Waals surface area contributed by atoms with Gasteiger partial charge < -0.3 is 10.1 Å². The molecule has 3 rings (SSSR count). The van der Waals surface area contributed by atoms with Crippen molar-refractivity contribution >= 4 is 17.4 Å². The van der Waals surface area contributed by atoms with Crippen molar-refractivity contribution in [3.63, 3.8) is 0 Å². The molecule has 0 radical (unpaired) electrons. The monoisotopic (exact) mass is 290 g/mol. The van der Waals surface area contributed by atoms with Gasteiger partial charge in [-0.3, -0.25) is 9.78 Å². The van der Waals surface area contributed by atoms with Crippen LogP contribution < -0.4 is 5.32 Å². The van der Waals surface area contributed by atoms with Crippen LogP contribution in [0, 0.1) is 0 Å². The van der Waals surface area contributed by atoms with Gasteiger partial charge >= 0.3 is 0 Å². The van der Waals surface area contributed by atoms with Crippen LogP contribution in [0.25, 0.3) is 0 Å². The first-order valence-electron chi connectivity index (χ1n) is 6.44. The van der Waals surface area contributed by atoms with Crippen molar-refractivity contribution in [1.82, 2.24) is 19.9 Å². The number of nitrogens with one attached hydrogen (secondary N) is 1. The predicted octanol–water partition coefficient (Wildman–Crippen LogP) is 1.58. The fourth-order valence-electron chi connectivity index (χ4n) is 2.32. The first-order chi connectivity index (χ1) is 9.84. The number of amides is 1. The van der Waals surface area contributed by atoms with Gasteiger partial charge in [-0.1, -0.05) is 4.49 Å². The summed E-state index contributed by atoms with van der Waals surface area (Å²) in [7, 11) is 0. The zero-order valence-electron chi connectivity index (χ0n) is 10.7. The van der Waals surface area contributed by atoms with Crippen molar-refractivity contribution in [2.75, 3.05) is 6.61 Å². The Labute approximate surface area is 120 Å². The second-order valence-corrected chi connectivity index (χ2v) is 5.36.